The molecule has 2 amide bonds. The van der Waals surface area contributed by atoms with Gasteiger partial charge in [-0.25, -0.2) is 0 Å². The fraction of sp³-hybridized carbons (Fsp3) is 0.250. The van der Waals surface area contributed by atoms with Crippen molar-refractivity contribution in [2.24, 2.45) is 0 Å². The van der Waals surface area contributed by atoms with Crippen molar-refractivity contribution in [2.45, 2.75) is 0 Å². The molecule has 7 heteroatoms. The van der Waals surface area contributed by atoms with Gasteiger partial charge in [-0.1, -0.05) is 6.08 Å². The van der Waals surface area contributed by atoms with Crippen LogP contribution in [0.15, 0.2) is 29.7 Å². The van der Waals surface area contributed by atoms with Gasteiger partial charge in [0.2, 0.25) is 5.75 Å². The number of ether oxygens (including phenoxy) is 3. The van der Waals surface area contributed by atoms with Gasteiger partial charge >= 0.3 is 0 Å². The molecule has 1 aromatic rings. The van der Waals surface area contributed by atoms with E-state index in [0.29, 0.717) is 27.7 Å². The lowest BCUT2D eigenvalue weighted by atomic mass is 10.1. The predicted molar refractivity (Wildman–Crippen MR) is 89.0 cm³/mol. The molecule has 0 saturated carbocycles. The topological polar surface area (TPSA) is 65.1 Å². The Morgan fingerprint density at radius 1 is 1.13 bits per heavy atom. The van der Waals surface area contributed by atoms with Crippen molar-refractivity contribution < 1.29 is 23.8 Å². The Morgan fingerprint density at radius 3 is 2.39 bits per heavy atom. The molecule has 1 saturated heterocycles. The molecule has 122 valence electrons. The van der Waals surface area contributed by atoms with Gasteiger partial charge in [-0.2, -0.15) is 0 Å². The third-order valence-electron chi connectivity index (χ3n) is 3.21. The van der Waals surface area contributed by atoms with E-state index in [1.54, 1.807) is 18.2 Å². The number of carbonyl (C=O) groups is 2. The minimum Gasteiger partial charge on any atom is -0.493 e. The van der Waals surface area contributed by atoms with E-state index in [-0.39, 0.29) is 17.7 Å². The quantitative estimate of drug-likeness (QED) is 0.588. The second-order valence-electron chi connectivity index (χ2n) is 4.50. The zero-order valence-electron chi connectivity index (χ0n) is 13.1. The Kier molecular flexibility index (Phi) is 5.33. The second-order valence-corrected chi connectivity index (χ2v) is 5.50. The minimum atomic E-state index is -0.350. The average Bonchev–Trinajstić information content (AvgIpc) is 2.82. The van der Waals surface area contributed by atoms with Gasteiger partial charge in [-0.15, -0.1) is 6.58 Å². The summed E-state index contributed by atoms with van der Waals surface area (Å²) >= 11 is 0.882. The van der Waals surface area contributed by atoms with E-state index in [1.807, 2.05) is 0 Å². The van der Waals surface area contributed by atoms with Crippen LogP contribution in [0.2, 0.25) is 0 Å². The molecule has 0 N–H and O–H groups in total. The summed E-state index contributed by atoms with van der Waals surface area (Å²) in [4.78, 5) is 25.6. The smallest absolute Gasteiger partial charge is 0.293 e. The first kappa shape index (κ1) is 17.0. The molecule has 0 unspecified atom stereocenters. The lowest BCUT2D eigenvalue weighted by Crippen LogP contribution is -2.27. The Bertz CT molecular complexity index is 683. The van der Waals surface area contributed by atoms with Gasteiger partial charge in [0.05, 0.1) is 26.2 Å². The second kappa shape index (κ2) is 7.23. The number of imide groups is 1. The van der Waals surface area contributed by atoms with Gasteiger partial charge in [0.1, 0.15) is 0 Å². The van der Waals surface area contributed by atoms with Crippen LogP contribution in [-0.2, 0) is 4.79 Å². The lowest BCUT2D eigenvalue weighted by Gasteiger charge is -2.14. The van der Waals surface area contributed by atoms with Crippen LogP contribution in [0.4, 0.5) is 4.79 Å². The summed E-state index contributed by atoms with van der Waals surface area (Å²) in [6.45, 7) is 3.73. The highest BCUT2D eigenvalue weighted by molar-refractivity contribution is 8.18. The van der Waals surface area contributed by atoms with E-state index in [9.17, 15) is 9.59 Å². The Labute approximate surface area is 138 Å². The fourth-order valence-electron chi connectivity index (χ4n) is 2.17. The van der Waals surface area contributed by atoms with E-state index >= 15 is 0 Å². The number of hydrogen-bond acceptors (Lipinski definition) is 6. The van der Waals surface area contributed by atoms with Crippen molar-refractivity contribution in [1.29, 1.82) is 0 Å². The first-order valence-corrected chi connectivity index (χ1v) is 7.54. The van der Waals surface area contributed by atoms with Crippen molar-refractivity contribution in [3.63, 3.8) is 0 Å². The summed E-state index contributed by atoms with van der Waals surface area (Å²) < 4.78 is 15.9. The Hall–Kier alpha value is -2.41. The summed E-state index contributed by atoms with van der Waals surface area (Å²) in [5.74, 6) is 1.02. The molecule has 2 rings (SSSR count). The molecule has 1 aromatic carbocycles. The fourth-order valence-corrected chi connectivity index (χ4v) is 3.00. The molecule has 0 atom stereocenters. The lowest BCUT2D eigenvalue weighted by molar-refractivity contribution is -0.122. The third-order valence-corrected chi connectivity index (χ3v) is 4.11. The maximum atomic E-state index is 12.3. The van der Waals surface area contributed by atoms with Crippen molar-refractivity contribution in [1.82, 2.24) is 4.90 Å². The van der Waals surface area contributed by atoms with Crippen molar-refractivity contribution in [2.75, 3.05) is 27.9 Å². The minimum absolute atomic E-state index is 0.186. The van der Waals surface area contributed by atoms with Gasteiger partial charge in [0.15, 0.2) is 11.5 Å². The van der Waals surface area contributed by atoms with Crippen LogP contribution in [-0.4, -0.2) is 43.9 Å². The molecular formula is C16H17NO5S. The summed E-state index contributed by atoms with van der Waals surface area (Å²) in [5, 5.41) is -0.319. The summed E-state index contributed by atoms with van der Waals surface area (Å²) in [7, 11) is 4.53. The van der Waals surface area contributed by atoms with E-state index in [1.165, 1.54) is 27.4 Å². The van der Waals surface area contributed by atoms with Crippen LogP contribution in [0.3, 0.4) is 0 Å². The van der Waals surface area contributed by atoms with Crippen LogP contribution in [0, 0.1) is 0 Å². The normalized spacial score (nSPS) is 16.0. The standard InChI is InChI=1S/C16H17NO5S/c1-5-8-17-15(18)12(23-16(17)19)9-10-6-7-11(20-2)14(22-4)13(10)21-3/h5-7,9H,1,8H2,2-4H3/b12-9+. The first-order chi connectivity index (χ1) is 11.1. The Morgan fingerprint density at radius 2 is 1.83 bits per heavy atom. The molecule has 1 heterocycles. The highest BCUT2D eigenvalue weighted by Crippen LogP contribution is 2.42. The van der Waals surface area contributed by atoms with Gasteiger partial charge in [0, 0.05) is 12.1 Å². The van der Waals surface area contributed by atoms with Crippen LogP contribution in [0.25, 0.3) is 6.08 Å². The maximum absolute atomic E-state index is 12.3. The molecule has 1 aliphatic heterocycles. The summed E-state index contributed by atoms with van der Waals surface area (Å²) in [5.41, 5.74) is 0.620. The van der Waals surface area contributed by atoms with E-state index in [4.69, 9.17) is 14.2 Å². The zero-order chi connectivity index (χ0) is 17.0. The van der Waals surface area contributed by atoms with Crippen LogP contribution in [0.1, 0.15) is 5.56 Å². The number of thioether (sulfide) groups is 1. The summed E-state index contributed by atoms with van der Waals surface area (Å²) in [6.07, 6.45) is 3.12. The van der Waals surface area contributed by atoms with Crippen LogP contribution < -0.4 is 14.2 Å². The molecule has 23 heavy (non-hydrogen) atoms. The molecule has 6 nitrogen and oxygen atoms in total. The number of benzene rings is 1. The number of rotatable bonds is 6. The maximum Gasteiger partial charge on any atom is 0.293 e. The average molecular weight is 335 g/mol. The molecule has 0 spiro atoms. The molecule has 0 bridgehead atoms. The number of hydrogen-bond donors (Lipinski definition) is 0. The van der Waals surface area contributed by atoms with Gasteiger partial charge in [-0.05, 0) is 30.0 Å². The number of amides is 2. The van der Waals surface area contributed by atoms with Crippen LogP contribution in [0.5, 0.6) is 17.2 Å². The molecule has 1 fully saturated rings. The third kappa shape index (κ3) is 3.19. The van der Waals surface area contributed by atoms with E-state index in [2.05, 4.69) is 6.58 Å². The van der Waals surface area contributed by atoms with Gasteiger partial charge in [0.25, 0.3) is 11.1 Å². The van der Waals surface area contributed by atoms with Crippen molar-refractivity contribution in [3.8, 4) is 17.2 Å². The number of carbonyl (C=O) groups excluding carboxylic acids is 2. The highest BCUT2D eigenvalue weighted by atomic mass is 32.2. The molecule has 0 aromatic heterocycles. The first-order valence-electron chi connectivity index (χ1n) is 6.72. The number of nitrogens with zero attached hydrogens (tertiary/aromatic N) is 1. The molecule has 0 aliphatic carbocycles. The number of methoxy groups -OCH3 is 3. The van der Waals surface area contributed by atoms with Gasteiger partial charge in [-0.3, -0.25) is 14.5 Å². The zero-order valence-corrected chi connectivity index (χ0v) is 13.9. The molecular weight excluding hydrogens is 318 g/mol. The highest BCUT2D eigenvalue weighted by Gasteiger charge is 2.34. The SMILES string of the molecule is C=CCN1C(=O)S/C(=C/c2ccc(OC)c(OC)c2OC)C1=O. The van der Waals surface area contributed by atoms with Crippen LogP contribution >= 0.6 is 11.8 Å². The largest absolute Gasteiger partial charge is 0.493 e. The monoisotopic (exact) mass is 335 g/mol. The van der Waals surface area contributed by atoms with Crippen molar-refractivity contribution in [3.05, 3.63) is 35.3 Å². The molecule has 0 radical (unpaired) electrons. The van der Waals surface area contributed by atoms with E-state index in [0.717, 1.165) is 16.7 Å². The van der Waals surface area contributed by atoms with Crippen molar-refractivity contribution >= 4 is 29.0 Å². The summed E-state index contributed by atoms with van der Waals surface area (Å²) in [6, 6.07) is 3.45. The van der Waals surface area contributed by atoms with Gasteiger partial charge < -0.3 is 14.2 Å². The predicted octanol–water partition coefficient (Wildman–Crippen LogP) is 2.93. The molecule has 1 aliphatic rings. The Balaban J connectivity index is 2.45. The van der Waals surface area contributed by atoms with E-state index < -0.39 is 0 Å².